The van der Waals surface area contributed by atoms with Gasteiger partial charge in [0.2, 0.25) is 11.7 Å². The second kappa shape index (κ2) is 7.48. The van der Waals surface area contributed by atoms with Gasteiger partial charge in [-0.05, 0) is 19.1 Å². The molecule has 0 aliphatic carbocycles. The van der Waals surface area contributed by atoms with Crippen molar-refractivity contribution in [1.29, 1.82) is 0 Å². The fourth-order valence-corrected chi connectivity index (χ4v) is 2.90. The van der Waals surface area contributed by atoms with E-state index in [4.69, 9.17) is 4.52 Å². The van der Waals surface area contributed by atoms with Crippen LogP contribution in [0.25, 0.3) is 0 Å². The number of nitro benzene ring substituents is 1. The Kier molecular flexibility index (Phi) is 5.12. The molecular formula is C16H18FN5O4. The van der Waals surface area contributed by atoms with Crippen molar-refractivity contribution in [1.82, 2.24) is 10.1 Å². The Balaban J connectivity index is 1.57. The minimum Gasteiger partial charge on any atom is -0.363 e. The number of piperazine rings is 1. The SMILES string of the molecule is Cc1cc(NC(=O)CN2CCN(c3cccc(F)c3[N+](=O)[O-])CC2)no1. The molecule has 0 spiro atoms. The molecule has 0 radical (unpaired) electrons. The highest BCUT2D eigenvalue weighted by Gasteiger charge is 2.27. The second-order valence-electron chi connectivity index (χ2n) is 6.00. The molecule has 1 N–H and O–H groups in total. The minimum absolute atomic E-state index is 0.172. The van der Waals surface area contributed by atoms with Crippen molar-refractivity contribution in [3.63, 3.8) is 0 Å². The van der Waals surface area contributed by atoms with E-state index in [0.717, 1.165) is 6.07 Å². The van der Waals surface area contributed by atoms with Crippen LogP contribution in [0.5, 0.6) is 0 Å². The highest BCUT2D eigenvalue weighted by Crippen LogP contribution is 2.31. The number of hydrogen-bond acceptors (Lipinski definition) is 7. The molecule has 9 nitrogen and oxygen atoms in total. The number of nitrogens with zero attached hydrogens (tertiary/aromatic N) is 4. The van der Waals surface area contributed by atoms with Gasteiger partial charge in [-0.3, -0.25) is 19.8 Å². The van der Waals surface area contributed by atoms with Gasteiger partial charge in [-0.2, -0.15) is 4.39 Å². The first kappa shape index (κ1) is 17.8. The number of rotatable bonds is 5. The van der Waals surface area contributed by atoms with Gasteiger partial charge in [0, 0.05) is 32.2 Å². The first-order valence-corrected chi connectivity index (χ1v) is 8.07. The normalized spacial score (nSPS) is 15.1. The molecule has 1 saturated heterocycles. The van der Waals surface area contributed by atoms with Crippen molar-refractivity contribution in [3.05, 3.63) is 46.0 Å². The summed E-state index contributed by atoms with van der Waals surface area (Å²) in [6, 6.07) is 5.70. The third kappa shape index (κ3) is 3.97. The number of aryl methyl sites for hydroxylation is 1. The summed E-state index contributed by atoms with van der Waals surface area (Å²) in [5.74, 6) is -0.104. The van der Waals surface area contributed by atoms with Gasteiger partial charge < -0.3 is 14.7 Å². The predicted molar refractivity (Wildman–Crippen MR) is 91.6 cm³/mol. The van der Waals surface area contributed by atoms with Gasteiger partial charge in [-0.1, -0.05) is 11.2 Å². The predicted octanol–water partition coefficient (Wildman–Crippen LogP) is 1.79. The first-order chi connectivity index (χ1) is 12.4. The van der Waals surface area contributed by atoms with E-state index in [1.54, 1.807) is 17.9 Å². The summed E-state index contributed by atoms with van der Waals surface area (Å²) in [5, 5.41) is 17.5. The van der Waals surface area contributed by atoms with E-state index < -0.39 is 16.4 Å². The molecular weight excluding hydrogens is 345 g/mol. The third-order valence-corrected chi connectivity index (χ3v) is 4.12. The Morgan fingerprint density at radius 1 is 1.38 bits per heavy atom. The van der Waals surface area contributed by atoms with Gasteiger partial charge in [0.05, 0.1) is 11.5 Å². The molecule has 26 heavy (non-hydrogen) atoms. The second-order valence-corrected chi connectivity index (χ2v) is 6.00. The largest absolute Gasteiger partial charge is 0.363 e. The Hall–Kier alpha value is -3.01. The molecule has 0 bridgehead atoms. The molecule has 0 unspecified atom stereocenters. The molecule has 1 fully saturated rings. The number of carbonyl (C=O) groups is 1. The highest BCUT2D eigenvalue weighted by atomic mass is 19.1. The van der Waals surface area contributed by atoms with Crippen LogP contribution in [0.3, 0.4) is 0 Å². The summed E-state index contributed by atoms with van der Waals surface area (Å²) in [7, 11) is 0. The van der Waals surface area contributed by atoms with Crippen molar-refractivity contribution in [2.45, 2.75) is 6.92 Å². The maximum absolute atomic E-state index is 13.8. The Bertz CT molecular complexity index is 817. The zero-order valence-corrected chi connectivity index (χ0v) is 14.1. The third-order valence-electron chi connectivity index (χ3n) is 4.12. The van der Waals surface area contributed by atoms with E-state index in [2.05, 4.69) is 10.5 Å². The van der Waals surface area contributed by atoms with E-state index in [9.17, 15) is 19.3 Å². The maximum atomic E-state index is 13.8. The quantitative estimate of drug-likeness (QED) is 0.638. The number of para-hydroxylation sites is 1. The average Bonchev–Trinajstić information content (AvgIpc) is 2.99. The lowest BCUT2D eigenvalue weighted by Gasteiger charge is -2.35. The fraction of sp³-hybridized carbons (Fsp3) is 0.375. The van der Waals surface area contributed by atoms with E-state index >= 15 is 0 Å². The fourth-order valence-electron chi connectivity index (χ4n) is 2.90. The van der Waals surface area contributed by atoms with Crippen LogP contribution in [0, 0.1) is 22.9 Å². The summed E-state index contributed by atoms with van der Waals surface area (Å²) < 4.78 is 18.7. The minimum atomic E-state index is -0.850. The van der Waals surface area contributed by atoms with Crippen LogP contribution in [-0.2, 0) is 4.79 Å². The van der Waals surface area contributed by atoms with Crippen LogP contribution in [-0.4, -0.2) is 53.6 Å². The number of anilines is 2. The molecule has 1 amide bonds. The standard InChI is InChI=1S/C16H18FN5O4/c1-11-9-14(19-26-11)18-15(23)10-20-5-7-21(8-6-20)13-4-2-3-12(17)16(13)22(24)25/h2-4,9H,5-8,10H2,1H3,(H,18,19,23). The van der Waals surface area contributed by atoms with Gasteiger partial charge in [-0.25, -0.2) is 0 Å². The molecule has 1 aliphatic rings. The zero-order valence-electron chi connectivity index (χ0n) is 14.1. The summed E-state index contributed by atoms with van der Waals surface area (Å²) >= 11 is 0. The Morgan fingerprint density at radius 3 is 2.73 bits per heavy atom. The van der Waals surface area contributed by atoms with Crippen LogP contribution in [0.15, 0.2) is 28.8 Å². The number of amides is 1. The van der Waals surface area contributed by atoms with Crippen molar-refractivity contribution in [2.75, 3.05) is 42.9 Å². The average molecular weight is 363 g/mol. The van der Waals surface area contributed by atoms with E-state index in [1.165, 1.54) is 12.1 Å². The topological polar surface area (TPSA) is 105 Å². The van der Waals surface area contributed by atoms with Gasteiger partial charge in [-0.15, -0.1) is 0 Å². The summed E-state index contributed by atoms with van der Waals surface area (Å²) in [4.78, 5) is 26.2. The number of aromatic nitrogens is 1. The summed E-state index contributed by atoms with van der Waals surface area (Å²) in [6.07, 6.45) is 0. The number of carbonyl (C=O) groups excluding carboxylic acids is 1. The maximum Gasteiger partial charge on any atom is 0.327 e. The molecule has 1 aromatic heterocycles. The summed E-state index contributed by atoms with van der Waals surface area (Å²) in [6.45, 7) is 3.87. The summed E-state index contributed by atoms with van der Waals surface area (Å²) in [5.41, 5.74) is -0.253. The Labute approximate surface area is 148 Å². The molecule has 3 rings (SSSR count). The van der Waals surface area contributed by atoms with Crippen molar-refractivity contribution >= 4 is 23.1 Å². The molecule has 0 saturated carbocycles. The molecule has 1 aromatic carbocycles. The molecule has 10 heteroatoms. The van der Waals surface area contributed by atoms with Crippen molar-refractivity contribution in [3.8, 4) is 0 Å². The molecule has 1 aliphatic heterocycles. The lowest BCUT2D eigenvalue weighted by atomic mass is 10.2. The van der Waals surface area contributed by atoms with E-state index in [1.807, 2.05) is 4.90 Å². The molecule has 2 aromatic rings. The monoisotopic (exact) mass is 363 g/mol. The lowest BCUT2D eigenvalue weighted by Crippen LogP contribution is -2.48. The zero-order chi connectivity index (χ0) is 18.7. The van der Waals surface area contributed by atoms with Crippen LogP contribution in [0.1, 0.15) is 5.76 Å². The van der Waals surface area contributed by atoms with Gasteiger partial charge in [0.25, 0.3) is 0 Å². The number of halogens is 1. The number of nitro groups is 1. The van der Waals surface area contributed by atoms with Crippen LogP contribution in [0.4, 0.5) is 21.6 Å². The lowest BCUT2D eigenvalue weighted by molar-refractivity contribution is -0.386. The Morgan fingerprint density at radius 2 is 2.12 bits per heavy atom. The number of hydrogen-bond donors (Lipinski definition) is 1. The van der Waals surface area contributed by atoms with Gasteiger partial charge in [0.15, 0.2) is 5.82 Å². The number of nitrogens with one attached hydrogen (secondary N) is 1. The van der Waals surface area contributed by atoms with E-state index in [0.29, 0.717) is 37.8 Å². The van der Waals surface area contributed by atoms with Gasteiger partial charge >= 0.3 is 5.69 Å². The van der Waals surface area contributed by atoms with Crippen LogP contribution < -0.4 is 10.2 Å². The first-order valence-electron chi connectivity index (χ1n) is 8.07. The smallest absolute Gasteiger partial charge is 0.327 e. The molecule has 138 valence electrons. The van der Waals surface area contributed by atoms with Crippen molar-refractivity contribution in [2.24, 2.45) is 0 Å². The molecule has 2 heterocycles. The van der Waals surface area contributed by atoms with Crippen LogP contribution >= 0.6 is 0 Å². The number of benzene rings is 1. The molecule has 0 atom stereocenters. The highest BCUT2D eigenvalue weighted by molar-refractivity contribution is 5.91. The van der Waals surface area contributed by atoms with Crippen molar-refractivity contribution < 1.29 is 18.6 Å². The van der Waals surface area contributed by atoms with Crippen LogP contribution in [0.2, 0.25) is 0 Å². The van der Waals surface area contributed by atoms with Gasteiger partial charge in [0.1, 0.15) is 11.4 Å². The van der Waals surface area contributed by atoms with E-state index in [-0.39, 0.29) is 18.1 Å².